The van der Waals surface area contributed by atoms with Crippen molar-refractivity contribution in [2.24, 2.45) is 5.92 Å². The van der Waals surface area contributed by atoms with Crippen molar-refractivity contribution >= 4 is 15.8 Å². The van der Waals surface area contributed by atoms with Crippen LogP contribution in [0.25, 0.3) is 0 Å². The Kier molecular flexibility index (Phi) is 2.64. The fourth-order valence-electron chi connectivity index (χ4n) is 4.06. The number of allylic oxidation sites excluding steroid dienone is 5. The molecule has 0 spiro atoms. The van der Waals surface area contributed by atoms with Crippen LogP contribution >= 0.6 is 10.0 Å². The van der Waals surface area contributed by atoms with Gasteiger partial charge in [0.1, 0.15) is 0 Å². The molecule has 98 valence electrons. The minimum absolute atomic E-state index is 0.166. The van der Waals surface area contributed by atoms with Crippen LogP contribution in [-0.4, -0.2) is 29.3 Å². The van der Waals surface area contributed by atoms with E-state index in [9.17, 15) is 4.79 Å². The molecule has 0 heterocycles. The van der Waals surface area contributed by atoms with Crippen molar-refractivity contribution in [2.45, 2.75) is 30.4 Å². The number of carbonyl (C=O) groups is 1. The maximum Gasteiger partial charge on any atom is 0.164 e. The van der Waals surface area contributed by atoms with E-state index < -0.39 is 10.0 Å². The van der Waals surface area contributed by atoms with Crippen LogP contribution in [0.4, 0.5) is 0 Å². The van der Waals surface area contributed by atoms with E-state index in [1.165, 1.54) is 5.57 Å². The molecule has 18 heavy (non-hydrogen) atoms. The van der Waals surface area contributed by atoms with Gasteiger partial charge in [-0.2, -0.15) is 0 Å². The van der Waals surface area contributed by atoms with E-state index in [0.717, 1.165) is 31.3 Å². The van der Waals surface area contributed by atoms with Gasteiger partial charge < -0.3 is 0 Å². The molecule has 0 unspecified atom stereocenters. The molecule has 0 aromatic heterocycles. The molecule has 0 aromatic carbocycles. The number of hydrogen-bond acceptors (Lipinski definition) is 1. The van der Waals surface area contributed by atoms with Gasteiger partial charge in [-0.1, -0.05) is 24.3 Å². The Morgan fingerprint density at radius 2 is 1.83 bits per heavy atom. The Bertz CT molecular complexity index is 490. The molecular formula is C16H22OS. The molecular weight excluding hydrogens is 240 g/mol. The van der Waals surface area contributed by atoms with E-state index >= 15 is 0 Å². The van der Waals surface area contributed by atoms with Crippen molar-refractivity contribution in [3.63, 3.8) is 0 Å². The second kappa shape index (κ2) is 3.86. The van der Waals surface area contributed by atoms with Crippen molar-refractivity contribution in [1.29, 1.82) is 0 Å². The van der Waals surface area contributed by atoms with Crippen molar-refractivity contribution in [2.75, 3.05) is 18.8 Å². The molecule has 0 bridgehead atoms. The molecule has 0 saturated heterocycles. The molecule has 3 aliphatic rings. The summed E-state index contributed by atoms with van der Waals surface area (Å²) < 4.78 is 0.166. The maximum absolute atomic E-state index is 12.7. The normalized spacial score (nSPS) is 35.7. The fraction of sp³-hybridized carbons (Fsp3) is 0.562. The second-order valence-electron chi connectivity index (χ2n) is 6.39. The molecule has 0 saturated carbocycles. The van der Waals surface area contributed by atoms with Crippen LogP contribution in [0.2, 0.25) is 0 Å². The van der Waals surface area contributed by atoms with Gasteiger partial charge in [0.15, 0.2) is 5.78 Å². The Morgan fingerprint density at radius 3 is 2.56 bits per heavy atom. The van der Waals surface area contributed by atoms with E-state index in [1.807, 2.05) is 0 Å². The van der Waals surface area contributed by atoms with Crippen LogP contribution in [0, 0.1) is 5.92 Å². The molecule has 1 nitrogen and oxygen atoms in total. The molecule has 0 radical (unpaired) electrons. The predicted octanol–water partition coefficient (Wildman–Crippen LogP) is 3.61. The third kappa shape index (κ3) is 1.38. The highest BCUT2D eigenvalue weighted by Crippen LogP contribution is 2.66. The summed E-state index contributed by atoms with van der Waals surface area (Å²) in [5, 5.41) is 0. The summed E-state index contributed by atoms with van der Waals surface area (Å²) in [6.07, 6.45) is 20.1. The highest BCUT2D eigenvalue weighted by atomic mass is 32.3. The molecule has 0 aliphatic heterocycles. The van der Waals surface area contributed by atoms with E-state index in [-0.39, 0.29) is 10.7 Å². The summed E-state index contributed by atoms with van der Waals surface area (Å²) in [6, 6.07) is 0. The highest BCUT2D eigenvalue weighted by Gasteiger charge is 2.56. The van der Waals surface area contributed by atoms with Crippen molar-refractivity contribution < 1.29 is 4.79 Å². The van der Waals surface area contributed by atoms with Crippen LogP contribution in [-0.2, 0) is 4.79 Å². The first kappa shape index (κ1) is 12.3. The lowest BCUT2D eigenvalue weighted by Crippen LogP contribution is -2.43. The smallest absolute Gasteiger partial charge is 0.164 e. The lowest BCUT2D eigenvalue weighted by molar-refractivity contribution is -0.118. The Balaban J connectivity index is 2.19. The topological polar surface area (TPSA) is 17.1 Å². The van der Waals surface area contributed by atoms with Gasteiger partial charge in [0.05, 0.1) is 0 Å². The third-order valence-corrected chi connectivity index (χ3v) is 7.80. The monoisotopic (exact) mass is 262 g/mol. The zero-order chi connectivity index (χ0) is 13.0. The van der Waals surface area contributed by atoms with E-state index in [4.69, 9.17) is 0 Å². The van der Waals surface area contributed by atoms with Crippen LogP contribution < -0.4 is 0 Å². The maximum atomic E-state index is 12.7. The van der Waals surface area contributed by atoms with E-state index in [2.05, 4.69) is 43.1 Å². The van der Waals surface area contributed by atoms with E-state index in [1.54, 1.807) is 0 Å². The summed E-state index contributed by atoms with van der Waals surface area (Å²) in [4.78, 5) is 12.7. The number of fused-ring (bicyclic) bond motifs is 2. The molecule has 3 rings (SSSR count). The summed E-state index contributed by atoms with van der Waals surface area (Å²) in [5.41, 5.74) is 2.65. The average molecular weight is 262 g/mol. The van der Waals surface area contributed by atoms with Crippen LogP contribution in [0.5, 0.6) is 0 Å². The van der Waals surface area contributed by atoms with Gasteiger partial charge in [-0.3, -0.25) is 4.79 Å². The summed E-state index contributed by atoms with van der Waals surface area (Å²) in [7, 11) is -0.791. The lowest BCUT2D eigenvalue weighted by Gasteiger charge is -2.52. The molecule has 2 atom stereocenters. The van der Waals surface area contributed by atoms with Crippen molar-refractivity contribution in [1.82, 2.24) is 0 Å². The van der Waals surface area contributed by atoms with Gasteiger partial charge in [-0.05, 0) is 50.0 Å². The minimum Gasteiger partial charge on any atom is -0.294 e. The van der Waals surface area contributed by atoms with Crippen LogP contribution in [0.15, 0.2) is 35.5 Å². The molecule has 0 aromatic rings. The quantitative estimate of drug-likeness (QED) is 0.660. The standard InChI is InChI=1S/C16H22OS/c1-18(2,3)16-11-7-6-10-14(16)15(17)12-8-4-5-9-13(12)16/h4-7,14H,8-11H2,1-3H3/t14-,16-/m0/s1. The number of carbonyl (C=O) groups excluding carboxylic acids is 1. The van der Waals surface area contributed by atoms with Crippen molar-refractivity contribution in [3.05, 3.63) is 35.5 Å². The Hall–Kier alpha value is -0.760. The fourth-order valence-corrected chi connectivity index (χ4v) is 6.66. The molecule has 0 fully saturated rings. The number of ketones is 1. The van der Waals surface area contributed by atoms with Crippen molar-refractivity contribution in [3.8, 4) is 0 Å². The SMILES string of the molecule is CS(C)(C)[C@]12CC=CC[C@H]1C(=O)C1=C2CC=CC1. The van der Waals surface area contributed by atoms with Crippen LogP contribution in [0.3, 0.4) is 0 Å². The number of hydrogen-bond donors (Lipinski definition) is 0. The first-order valence-corrected chi connectivity index (χ1v) is 9.59. The molecule has 3 aliphatic carbocycles. The van der Waals surface area contributed by atoms with Crippen LogP contribution in [0.1, 0.15) is 25.7 Å². The lowest BCUT2D eigenvalue weighted by atomic mass is 9.80. The highest BCUT2D eigenvalue weighted by molar-refractivity contribution is 8.33. The molecule has 2 heteroatoms. The van der Waals surface area contributed by atoms with Gasteiger partial charge in [0, 0.05) is 16.2 Å². The molecule has 0 N–H and O–H groups in total. The number of rotatable bonds is 1. The van der Waals surface area contributed by atoms with Gasteiger partial charge in [-0.25, -0.2) is 10.0 Å². The summed E-state index contributed by atoms with van der Waals surface area (Å²) in [6.45, 7) is 0. The Labute approximate surface area is 111 Å². The molecule has 0 amide bonds. The predicted molar refractivity (Wildman–Crippen MR) is 80.4 cm³/mol. The third-order valence-electron chi connectivity index (χ3n) is 4.91. The first-order valence-electron chi connectivity index (χ1n) is 6.73. The zero-order valence-corrected chi connectivity index (χ0v) is 12.3. The average Bonchev–Trinajstić information content (AvgIpc) is 2.62. The van der Waals surface area contributed by atoms with Gasteiger partial charge in [0.25, 0.3) is 0 Å². The second-order valence-corrected chi connectivity index (χ2v) is 10.8. The van der Waals surface area contributed by atoms with E-state index in [0.29, 0.717) is 5.78 Å². The van der Waals surface area contributed by atoms with Gasteiger partial charge >= 0.3 is 0 Å². The Morgan fingerprint density at radius 1 is 1.11 bits per heavy atom. The van der Waals surface area contributed by atoms with Gasteiger partial charge in [-0.15, -0.1) is 0 Å². The minimum atomic E-state index is -0.791. The van der Waals surface area contributed by atoms with Gasteiger partial charge in [0.2, 0.25) is 0 Å². The first-order chi connectivity index (χ1) is 8.48. The zero-order valence-electron chi connectivity index (χ0n) is 11.5. The summed E-state index contributed by atoms with van der Waals surface area (Å²) >= 11 is 0. The number of Topliss-reactive ketones (excluding diaryl/α,β-unsaturated/α-hetero) is 1. The summed E-state index contributed by atoms with van der Waals surface area (Å²) in [5.74, 6) is 0.698. The largest absolute Gasteiger partial charge is 0.294 e.